The molecule has 1 aromatic heterocycles. The second kappa shape index (κ2) is 6.82. The number of amides is 1. The van der Waals surface area contributed by atoms with Gasteiger partial charge in [0.05, 0.1) is 5.60 Å². The van der Waals surface area contributed by atoms with E-state index in [9.17, 15) is 9.90 Å². The highest BCUT2D eigenvalue weighted by molar-refractivity contribution is 5.92. The predicted octanol–water partition coefficient (Wildman–Crippen LogP) is 0.204. The van der Waals surface area contributed by atoms with E-state index in [-0.39, 0.29) is 5.91 Å². The fourth-order valence-corrected chi connectivity index (χ4v) is 2.33. The van der Waals surface area contributed by atoms with Gasteiger partial charge in [0.1, 0.15) is 0 Å². The third-order valence-corrected chi connectivity index (χ3v) is 3.57. The first-order valence-corrected chi connectivity index (χ1v) is 7.17. The summed E-state index contributed by atoms with van der Waals surface area (Å²) in [6.45, 7) is 4.02. The van der Waals surface area contributed by atoms with Gasteiger partial charge in [-0.05, 0) is 19.1 Å². The van der Waals surface area contributed by atoms with Crippen molar-refractivity contribution in [1.82, 2.24) is 15.5 Å². The lowest BCUT2D eigenvalue weighted by molar-refractivity contribution is -0.0573. The van der Waals surface area contributed by atoms with E-state index in [0.29, 0.717) is 50.7 Å². The largest absolute Gasteiger partial charge is 0.388 e. The van der Waals surface area contributed by atoms with Gasteiger partial charge < -0.3 is 20.1 Å². The van der Waals surface area contributed by atoms with Gasteiger partial charge in [0.2, 0.25) is 0 Å². The Morgan fingerprint density at radius 2 is 2.14 bits per heavy atom. The number of nitrogens with zero attached hydrogens (tertiary/aromatic N) is 3. The van der Waals surface area contributed by atoms with E-state index >= 15 is 0 Å². The van der Waals surface area contributed by atoms with Crippen molar-refractivity contribution in [2.45, 2.75) is 25.4 Å². The number of aliphatic hydroxyl groups is 1. The molecule has 1 amide bonds. The topological polar surface area (TPSA) is 87.6 Å². The molecule has 0 spiro atoms. The molecule has 1 aliphatic heterocycles. The summed E-state index contributed by atoms with van der Waals surface area (Å²) >= 11 is 0. The van der Waals surface area contributed by atoms with Gasteiger partial charge in [-0.2, -0.15) is 0 Å². The minimum atomic E-state index is -0.757. The summed E-state index contributed by atoms with van der Waals surface area (Å²) in [5.41, 5.74) is -0.466. The van der Waals surface area contributed by atoms with Crippen molar-refractivity contribution in [1.29, 1.82) is 0 Å². The first kappa shape index (κ1) is 15.7. The number of likely N-dealkylation sites (N-methyl/N-ethyl adjacent to an activating group) is 1. The molecule has 0 aliphatic carbocycles. The summed E-state index contributed by atoms with van der Waals surface area (Å²) in [4.78, 5) is 13.5. The summed E-state index contributed by atoms with van der Waals surface area (Å²) in [5.74, 6) is 0.394. The molecule has 0 radical (unpaired) electrons. The van der Waals surface area contributed by atoms with E-state index in [1.807, 2.05) is 18.9 Å². The van der Waals surface area contributed by atoms with Gasteiger partial charge in [-0.25, -0.2) is 0 Å². The monoisotopic (exact) mass is 294 g/mol. The van der Waals surface area contributed by atoms with Crippen LogP contribution >= 0.6 is 0 Å². The molecule has 2 N–H and O–H groups in total. The molecule has 1 aliphatic rings. The number of anilines is 1. The van der Waals surface area contributed by atoms with Crippen molar-refractivity contribution in [3.63, 3.8) is 0 Å². The van der Waals surface area contributed by atoms with Gasteiger partial charge >= 0.3 is 0 Å². The van der Waals surface area contributed by atoms with Gasteiger partial charge in [-0.15, -0.1) is 10.2 Å². The van der Waals surface area contributed by atoms with Gasteiger partial charge in [0.25, 0.3) is 5.91 Å². The Morgan fingerprint density at radius 1 is 1.43 bits per heavy atom. The van der Waals surface area contributed by atoms with Gasteiger partial charge in [-0.3, -0.25) is 4.79 Å². The van der Waals surface area contributed by atoms with E-state index in [1.54, 1.807) is 12.1 Å². The summed E-state index contributed by atoms with van der Waals surface area (Å²) in [6.07, 6.45) is 1.23. The van der Waals surface area contributed by atoms with Gasteiger partial charge in [0, 0.05) is 46.2 Å². The van der Waals surface area contributed by atoms with Crippen LogP contribution in [0.15, 0.2) is 12.1 Å². The van der Waals surface area contributed by atoms with Crippen molar-refractivity contribution in [3.05, 3.63) is 17.8 Å². The highest BCUT2D eigenvalue weighted by atomic mass is 16.5. The Morgan fingerprint density at radius 3 is 2.71 bits per heavy atom. The zero-order valence-corrected chi connectivity index (χ0v) is 12.5. The third kappa shape index (κ3) is 4.12. The molecule has 0 atom stereocenters. The van der Waals surface area contributed by atoms with Gasteiger partial charge in [-0.1, -0.05) is 0 Å². The molecule has 1 aromatic rings. The van der Waals surface area contributed by atoms with Gasteiger partial charge in [0.15, 0.2) is 11.5 Å². The van der Waals surface area contributed by atoms with Crippen LogP contribution in [0, 0.1) is 0 Å². The Bertz CT molecular complexity index is 472. The Balaban J connectivity index is 1.99. The summed E-state index contributed by atoms with van der Waals surface area (Å²) in [6, 6.07) is 3.37. The van der Waals surface area contributed by atoms with Crippen LogP contribution in [0.25, 0.3) is 0 Å². The Hall–Kier alpha value is -1.73. The standard InChI is InChI=1S/C14H22N4O3/c1-3-15-13(19)11-4-5-12(17-16-11)18(2)10-14(20)6-8-21-9-7-14/h4-5,20H,3,6-10H2,1-2H3,(H,15,19). The summed E-state index contributed by atoms with van der Waals surface area (Å²) < 4.78 is 5.27. The molecule has 21 heavy (non-hydrogen) atoms. The number of hydrogen-bond acceptors (Lipinski definition) is 6. The molecule has 2 heterocycles. The number of nitrogens with one attached hydrogen (secondary N) is 1. The molecular formula is C14H22N4O3. The average Bonchev–Trinajstić information content (AvgIpc) is 2.48. The zero-order chi connectivity index (χ0) is 15.3. The lowest BCUT2D eigenvalue weighted by Crippen LogP contribution is -2.46. The Labute approximate surface area is 124 Å². The SMILES string of the molecule is CCNC(=O)c1ccc(N(C)CC2(O)CCOCC2)nn1. The molecule has 2 rings (SSSR count). The first-order chi connectivity index (χ1) is 10.0. The molecule has 116 valence electrons. The molecule has 7 nitrogen and oxygen atoms in total. The van der Waals surface area contributed by atoms with Crippen LogP contribution in [0.5, 0.6) is 0 Å². The number of hydrogen-bond donors (Lipinski definition) is 2. The van der Waals surface area contributed by atoms with Crippen LogP contribution in [0.2, 0.25) is 0 Å². The molecule has 1 fully saturated rings. The summed E-state index contributed by atoms with van der Waals surface area (Å²) in [5, 5.41) is 21.1. The highest BCUT2D eigenvalue weighted by Crippen LogP contribution is 2.23. The van der Waals surface area contributed by atoms with E-state index in [4.69, 9.17) is 4.74 Å². The average molecular weight is 294 g/mol. The Kier molecular flexibility index (Phi) is 5.08. The van der Waals surface area contributed by atoms with Crippen LogP contribution in [0.4, 0.5) is 5.82 Å². The highest BCUT2D eigenvalue weighted by Gasteiger charge is 2.31. The number of carbonyl (C=O) groups excluding carboxylic acids is 1. The summed E-state index contributed by atoms with van der Waals surface area (Å²) in [7, 11) is 1.85. The van der Waals surface area contributed by atoms with Crippen LogP contribution in [-0.2, 0) is 4.74 Å². The molecule has 1 saturated heterocycles. The van der Waals surface area contributed by atoms with E-state index in [2.05, 4.69) is 15.5 Å². The van der Waals surface area contributed by atoms with Crippen molar-refractivity contribution in [2.24, 2.45) is 0 Å². The van der Waals surface area contributed by atoms with E-state index < -0.39 is 5.60 Å². The quantitative estimate of drug-likeness (QED) is 0.807. The number of aromatic nitrogens is 2. The maximum absolute atomic E-state index is 11.6. The molecule has 0 aromatic carbocycles. The normalized spacial score (nSPS) is 17.3. The smallest absolute Gasteiger partial charge is 0.271 e. The lowest BCUT2D eigenvalue weighted by atomic mass is 9.94. The van der Waals surface area contributed by atoms with Crippen LogP contribution in [0.3, 0.4) is 0 Å². The van der Waals surface area contributed by atoms with Crippen molar-refractivity contribution in [3.8, 4) is 0 Å². The maximum atomic E-state index is 11.6. The van der Waals surface area contributed by atoms with E-state index in [0.717, 1.165) is 0 Å². The van der Waals surface area contributed by atoms with Crippen molar-refractivity contribution < 1.29 is 14.6 Å². The van der Waals surface area contributed by atoms with Crippen molar-refractivity contribution >= 4 is 11.7 Å². The number of rotatable bonds is 5. The van der Waals surface area contributed by atoms with E-state index in [1.165, 1.54) is 0 Å². The van der Waals surface area contributed by atoms with Crippen molar-refractivity contribution in [2.75, 3.05) is 38.3 Å². The molecule has 0 bridgehead atoms. The van der Waals surface area contributed by atoms with Crippen LogP contribution < -0.4 is 10.2 Å². The lowest BCUT2D eigenvalue weighted by Gasteiger charge is -2.35. The maximum Gasteiger partial charge on any atom is 0.271 e. The minimum absolute atomic E-state index is 0.234. The first-order valence-electron chi connectivity index (χ1n) is 7.17. The molecule has 7 heteroatoms. The third-order valence-electron chi connectivity index (χ3n) is 3.57. The number of carbonyl (C=O) groups is 1. The van der Waals surface area contributed by atoms with Crippen LogP contribution in [-0.4, -0.2) is 60.2 Å². The minimum Gasteiger partial charge on any atom is -0.388 e. The predicted molar refractivity (Wildman–Crippen MR) is 78.3 cm³/mol. The fourth-order valence-electron chi connectivity index (χ4n) is 2.33. The second-order valence-corrected chi connectivity index (χ2v) is 5.33. The molecular weight excluding hydrogens is 272 g/mol. The fraction of sp³-hybridized carbons (Fsp3) is 0.643. The van der Waals surface area contributed by atoms with Crippen LogP contribution in [0.1, 0.15) is 30.3 Å². The second-order valence-electron chi connectivity index (χ2n) is 5.33. The zero-order valence-electron chi connectivity index (χ0n) is 12.5. The number of ether oxygens (including phenoxy) is 1. The molecule has 0 saturated carbocycles. The molecule has 0 unspecified atom stereocenters.